The molecule has 134 valence electrons. The van der Waals surface area contributed by atoms with Gasteiger partial charge in [-0.2, -0.15) is 0 Å². The standard InChI is InChI=1S/C20H26N2O3/c1-15-2-3-17(24-15)12-22-11-8-20-19(22)5-4-18(25-20)14-23-13-16-6-9-21-10-7-16/h2-3,6-7,9-10,18-20H,4-5,8,11-14H2,1H3/t18-,19+,20+/m1/s1. The van der Waals surface area contributed by atoms with Crippen molar-refractivity contribution in [3.63, 3.8) is 0 Å². The maximum Gasteiger partial charge on any atom is 0.118 e. The third-order valence-corrected chi connectivity index (χ3v) is 5.23. The van der Waals surface area contributed by atoms with Crippen LogP contribution in [0, 0.1) is 6.92 Å². The van der Waals surface area contributed by atoms with Gasteiger partial charge < -0.3 is 13.9 Å². The Labute approximate surface area is 148 Å². The molecule has 0 spiro atoms. The van der Waals surface area contributed by atoms with Crippen molar-refractivity contribution < 1.29 is 13.9 Å². The maximum atomic E-state index is 6.31. The van der Waals surface area contributed by atoms with Gasteiger partial charge in [-0.15, -0.1) is 0 Å². The molecular weight excluding hydrogens is 316 g/mol. The van der Waals surface area contributed by atoms with E-state index in [9.17, 15) is 0 Å². The minimum atomic E-state index is 0.217. The van der Waals surface area contributed by atoms with Crippen molar-refractivity contribution in [3.8, 4) is 0 Å². The Kier molecular flexibility index (Phi) is 5.15. The highest BCUT2D eigenvalue weighted by molar-refractivity contribution is 5.08. The third kappa shape index (κ3) is 4.11. The van der Waals surface area contributed by atoms with Crippen molar-refractivity contribution in [2.24, 2.45) is 0 Å². The van der Waals surface area contributed by atoms with Crippen LogP contribution in [0.1, 0.15) is 36.3 Å². The molecule has 0 radical (unpaired) electrons. The van der Waals surface area contributed by atoms with Gasteiger partial charge in [0.05, 0.1) is 32.0 Å². The van der Waals surface area contributed by atoms with Gasteiger partial charge in [0.15, 0.2) is 0 Å². The average Bonchev–Trinajstić information content (AvgIpc) is 3.22. The Bertz CT molecular complexity index is 673. The molecule has 0 saturated carbocycles. The van der Waals surface area contributed by atoms with Crippen LogP contribution in [0.3, 0.4) is 0 Å². The fourth-order valence-electron chi connectivity index (χ4n) is 3.96. The Morgan fingerprint density at radius 1 is 1.16 bits per heavy atom. The number of hydrogen-bond donors (Lipinski definition) is 0. The summed E-state index contributed by atoms with van der Waals surface area (Å²) in [6.07, 6.45) is 7.49. The van der Waals surface area contributed by atoms with Crippen LogP contribution in [0.5, 0.6) is 0 Å². The zero-order chi connectivity index (χ0) is 17.1. The maximum absolute atomic E-state index is 6.31. The van der Waals surface area contributed by atoms with Gasteiger partial charge in [0, 0.05) is 25.0 Å². The minimum Gasteiger partial charge on any atom is -0.465 e. The largest absolute Gasteiger partial charge is 0.465 e. The lowest BCUT2D eigenvalue weighted by Gasteiger charge is -2.35. The SMILES string of the molecule is Cc1ccc(CN2CC[C@@H]3O[C@@H](COCc4ccncc4)CC[C@@H]32)o1. The second kappa shape index (κ2) is 7.68. The summed E-state index contributed by atoms with van der Waals surface area (Å²) in [5, 5.41) is 0. The molecule has 2 saturated heterocycles. The molecule has 0 N–H and O–H groups in total. The van der Waals surface area contributed by atoms with Crippen LogP contribution >= 0.6 is 0 Å². The smallest absolute Gasteiger partial charge is 0.118 e. The van der Waals surface area contributed by atoms with Crippen molar-refractivity contribution in [2.45, 2.75) is 57.6 Å². The molecule has 2 aromatic rings. The Morgan fingerprint density at radius 3 is 2.84 bits per heavy atom. The molecule has 25 heavy (non-hydrogen) atoms. The van der Waals surface area contributed by atoms with E-state index in [1.54, 1.807) is 12.4 Å². The first kappa shape index (κ1) is 16.8. The first-order chi connectivity index (χ1) is 12.3. The number of aromatic nitrogens is 1. The lowest BCUT2D eigenvalue weighted by molar-refractivity contribution is -0.102. The summed E-state index contributed by atoms with van der Waals surface area (Å²) < 4.78 is 17.9. The summed E-state index contributed by atoms with van der Waals surface area (Å²) in [6.45, 7) is 5.27. The van der Waals surface area contributed by atoms with Crippen LogP contribution in [0.2, 0.25) is 0 Å². The molecule has 2 aliphatic heterocycles. The van der Waals surface area contributed by atoms with Gasteiger partial charge in [0.25, 0.3) is 0 Å². The van der Waals surface area contributed by atoms with E-state index >= 15 is 0 Å². The second-order valence-corrected chi connectivity index (χ2v) is 7.08. The third-order valence-electron chi connectivity index (χ3n) is 5.23. The highest BCUT2D eigenvalue weighted by Crippen LogP contribution is 2.32. The fourth-order valence-corrected chi connectivity index (χ4v) is 3.96. The van der Waals surface area contributed by atoms with Gasteiger partial charge in [0.1, 0.15) is 11.5 Å². The van der Waals surface area contributed by atoms with Crippen LogP contribution in [-0.2, 0) is 22.6 Å². The van der Waals surface area contributed by atoms with E-state index in [1.807, 2.05) is 25.1 Å². The molecule has 0 unspecified atom stereocenters. The number of nitrogens with zero attached hydrogens (tertiary/aromatic N) is 2. The normalized spacial score (nSPS) is 26.7. The highest BCUT2D eigenvalue weighted by atomic mass is 16.5. The van der Waals surface area contributed by atoms with Crippen LogP contribution < -0.4 is 0 Å². The summed E-state index contributed by atoms with van der Waals surface area (Å²) in [4.78, 5) is 6.54. The van der Waals surface area contributed by atoms with E-state index in [2.05, 4.69) is 16.0 Å². The molecule has 0 aliphatic carbocycles. The number of fused-ring (bicyclic) bond motifs is 1. The molecule has 4 heterocycles. The van der Waals surface area contributed by atoms with Gasteiger partial charge in [0.2, 0.25) is 0 Å². The van der Waals surface area contributed by atoms with Gasteiger partial charge in [-0.25, -0.2) is 0 Å². The van der Waals surface area contributed by atoms with Crippen molar-refractivity contribution in [2.75, 3.05) is 13.2 Å². The number of pyridine rings is 1. The fraction of sp³-hybridized carbons (Fsp3) is 0.550. The van der Waals surface area contributed by atoms with Crippen molar-refractivity contribution in [1.82, 2.24) is 9.88 Å². The zero-order valence-corrected chi connectivity index (χ0v) is 14.8. The molecule has 2 fully saturated rings. The first-order valence-corrected chi connectivity index (χ1v) is 9.19. The van der Waals surface area contributed by atoms with Crippen molar-refractivity contribution in [1.29, 1.82) is 0 Å². The molecule has 5 heteroatoms. The van der Waals surface area contributed by atoms with Gasteiger partial charge >= 0.3 is 0 Å². The van der Waals surface area contributed by atoms with Gasteiger partial charge in [-0.05, 0) is 56.0 Å². The van der Waals surface area contributed by atoms with Crippen LogP contribution in [0.25, 0.3) is 0 Å². The molecule has 0 aromatic carbocycles. The molecule has 0 amide bonds. The predicted octanol–water partition coefficient (Wildman–Crippen LogP) is 3.32. The number of rotatable bonds is 6. The van der Waals surface area contributed by atoms with Gasteiger partial charge in [-0.1, -0.05) is 0 Å². The molecular formula is C20H26N2O3. The Balaban J connectivity index is 1.24. The lowest BCUT2D eigenvalue weighted by atomic mass is 9.99. The predicted molar refractivity (Wildman–Crippen MR) is 94.0 cm³/mol. The van der Waals surface area contributed by atoms with Crippen LogP contribution in [0.4, 0.5) is 0 Å². The quantitative estimate of drug-likeness (QED) is 0.806. The summed E-state index contributed by atoms with van der Waals surface area (Å²) in [6, 6.07) is 8.62. The second-order valence-electron chi connectivity index (χ2n) is 7.08. The summed E-state index contributed by atoms with van der Waals surface area (Å²) in [5.41, 5.74) is 1.16. The van der Waals surface area contributed by atoms with Gasteiger partial charge in [-0.3, -0.25) is 9.88 Å². The van der Waals surface area contributed by atoms with Crippen molar-refractivity contribution >= 4 is 0 Å². The monoisotopic (exact) mass is 342 g/mol. The summed E-state index contributed by atoms with van der Waals surface area (Å²) in [7, 11) is 0. The Hall–Kier alpha value is -1.69. The summed E-state index contributed by atoms with van der Waals surface area (Å²) in [5.74, 6) is 2.04. The number of hydrogen-bond acceptors (Lipinski definition) is 5. The van der Waals surface area contributed by atoms with E-state index in [0.717, 1.165) is 43.0 Å². The van der Waals surface area contributed by atoms with E-state index in [-0.39, 0.29) is 6.10 Å². The van der Waals surface area contributed by atoms with Crippen LogP contribution in [0.15, 0.2) is 41.1 Å². The molecule has 2 aromatic heterocycles. The molecule has 4 rings (SSSR count). The zero-order valence-electron chi connectivity index (χ0n) is 14.8. The van der Waals surface area contributed by atoms with E-state index in [1.165, 1.54) is 6.42 Å². The number of aryl methyl sites for hydroxylation is 1. The number of ether oxygens (including phenoxy) is 2. The van der Waals surface area contributed by atoms with E-state index < -0.39 is 0 Å². The minimum absolute atomic E-state index is 0.217. The van der Waals surface area contributed by atoms with Crippen LogP contribution in [-0.4, -0.2) is 41.3 Å². The molecule has 3 atom stereocenters. The number of furan rings is 1. The molecule has 2 aliphatic rings. The summed E-state index contributed by atoms with van der Waals surface area (Å²) >= 11 is 0. The first-order valence-electron chi connectivity index (χ1n) is 9.19. The average molecular weight is 342 g/mol. The topological polar surface area (TPSA) is 47.7 Å². The Morgan fingerprint density at radius 2 is 2.04 bits per heavy atom. The molecule has 5 nitrogen and oxygen atoms in total. The molecule has 0 bridgehead atoms. The van der Waals surface area contributed by atoms with Crippen molar-refractivity contribution in [3.05, 3.63) is 53.7 Å². The van der Waals surface area contributed by atoms with E-state index in [0.29, 0.717) is 25.4 Å². The lowest BCUT2D eigenvalue weighted by Crippen LogP contribution is -2.43. The number of likely N-dealkylation sites (tertiary alicyclic amines) is 1. The highest BCUT2D eigenvalue weighted by Gasteiger charge is 2.39. The van der Waals surface area contributed by atoms with E-state index in [4.69, 9.17) is 13.9 Å².